The van der Waals surface area contributed by atoms with Gasteiger partial charge in [0.25, 0.3) is 5.91 Å². The molecule has 20 heavy (non-hydrogen) atoms. The first-order valence-corrected chi connectivity index (χ1v) is 8.44. The van der Waals surface area contributed by atoms with E-state index in [1.165, 1.54) is 37.0 Å². The van der Waals surface area contributed by atoms with E-state index >= 15 is 0 Å². The van der Waals surface area contributed by atoms with E-state index in [0.29, 0.717) is 11.3 Å². The van der Waals surface area contributed by atoms with Crippen molar-refractivity contribution in [2.45, 2.75) is 53.4 Å². The van der Waals surface area contributed by atoms with Crippen molar-refractivity contribution in [2.75, 3.05) is 6.54 Å². The molecule has 0 aliphatic heterocycles. The van der Waals surface area contributed by atoms with Crippen LogP contribution in [0.15, 0.2) is 5.51 Å². The second kappa shape index (κ2) is 6.25. The van der Waals surface area contributed by atoms with E-state index in [9.17, 15) is 4.79 Å². The van der Waals surface area contributed by atoms with Gasteiger partial charge in [-0.25, -0.2) is 4.98 Å². The molecule has 0 radical (unpaired) electrons. The molecule has 1 aliphatic carbocycles. The summed E-state index contributed by atoms with van der Waals surface area (Å²) in [6, 6.07) is 0. The molecule has 0 spiro atoms. The summed E-state index contributed by atoms with van der Waals surface area (Å²) in [4.78, 5) is 16.9. The quantitative estimate of drug-likeness (QED) is 0.914. The Labute approximate surface area is 126 Å². The number of amides is 1. The van der Waals surface area contributed by atoms with E-state index < -0.39 is 0 Å². The third-order valence-corrected chi connectivity index (χ3v) is 5.50. The minimum atomic E-state index is 0.0444. The molecule has 3 nitrogen and oxygen atoms in total. The van der Waals surface area contributed by atoms with Gasteiger partial charge in [0.1, 0.15) is 4.88 Å². The molecule has 0 atom stereocenters. The number of hydrogen-bond acceptors (Lipinski definition) is 3. The van der Waals surface area contributed by atoms with Gasteiger partial charge in [-0.05, 0) is 49.9 Å². The van der Waals surface area contributed by atoms with Crippen LogP contribution in [0.5, 0.6) is 0 Å². The minimum absolute atomic E-state index is 0.0444. The summed E-state index contributed by atoms with van der Waals surface area (Å²) < 4.78 is 0. The molecular formula is C16H26N2OS. The van der Waals surface area contributed by atoms with Crippen molar-refractivity contribution >= 4 is 17.2 Å². The van der Waals surface area contributed by atoms with Gasteiger partial charge in [0.2, 0.25) is 0 Å². The number of nitrogens with zero attached hydrogens (tertiary/aromatic N) is 1. The van der Waals surface area contributed by atoms with Crippen LogP contribution in [0.3, 0.4) is 0 Å². The van der Waals surface area contributed by atoms with Crippen molar-refractivity contribution in [3.8, 4) is 0 Å². The number of aryl methyl sites for hydroxylation is 1. The Bertz CT molecular complexity index is 453. The van der Waals surface area contributed by atoms with Crippen LogP contribution < -0.4 is 5.32 Å². The fraction of sp³-hybridized carbons (Fsp3) is 0.750. The Balaban J connectivity index is 1.77. The number of carbonyl (C=O) groups excluding carboxylic acids is 1. The van der Waals surface area contributed by atoms with Crippen LogP contribution in [-0.4, -0.2) is 17.4 Å². The first-order chi connectivity index (χ1) is 9.38. The zero-order valence-electron chi connectivity index (χ0n) is 13.0. The van der Waals surface area contributed by atoms with Gasteiger partial charge in [-0.3, -0.25) is 4.79 Å². The Kier molecular flexibility index (Phi) is 4.84. The van der Waals surface area contributed by atoms with Crippen molar-refractivity contribution in [1.29, 1.82) is 0 Å². The molecule has 0 saturated heterocycles. The van der Waals surface area contributed by atoms with Gasteiger partial charge < -0.3 is 5.32 Å². The summed E-state index contributed by atoms with van der Waals surface area (Å²) in [6.07, 6.45) is 5.07. The standard InChI is InChI=1S/C16H26N2OS/c1-11-14(20-10-18-11)15(19)17-9-12-5-7-13(8-6-12)16(2,3)4/h10,12-13H,5-9H2,1-4H3,(H,17,19). The predicted molar refractivity (Wildman–Crippen MR) is 84.1 cm³/mol. The highest BCUT2D eigenvalue weighted by Gasteiger charge is 2.29. The maximum absolute atomic E-state index is 12.1. The summed E-state index contributed by atoms with van der Waals surface area (Å²) in [6.45, 7) is 9.72. The summed E-state index contributed by atoms with van der Waals surface area (Å²) in [5.41, 5.74) is 3.00. The maximum Gasteiger partial charge on any atom is 0.263 e. The first-order valence-electron chi connectivity index (χ1n) is 7.56. The van der Waals surface area contributed by atoms with Crippen LogP contribution in [-0.2, 0) is 0 Å². The summed E-state index contributed by atoms with van der Waals surface area (Å²) in [5.74, 6) is 1.52. The van der Waals surface area contributed by atoms with Gasteiger partial charge in [-0.15, -0.1) is 11.3 Å². The zero-order valence-corrected chi connectivity index (χ0v) is 13.8. The van der Waals surface area contributed by atoms with Gasteiger partial charge in [-0.2, -0.15) is 0 Å². The Morgan fingerprint density at radius 1 is 1.35 bits per heavy atom. The van der Waals surface area contributed by atoms with Crippen molar-refractivity contribution < 1.29 is 4.79 Å². The Morgan fingerprint density at radius 3 is 2.50 bits per heavy atom. The molecular weight excluding hydrogens is 268 g/mol. The van der Waals surface area contributed by atoms with Gasteiger partial charge in [0.05, 0.1) is 11.2 Å². The molecule has 0 unspecified atom stereocenters. The van der Waals surface area contributed by atoms with Crippen molar-refractivity contribution in [2.24, 2.45) is 17.3 Å². The largest absolute Gasteiger partial charge is 0.351 e. The SMILES string of the molecule is Cc1ncsc1C(=O)NCC1CCC(C(C)(C)C)CC1. The summed E-state index contributed by atoms with van der Waals surface area (Å²) in [7, 11) is 0. The Morgan fingerprint density at radius 2 is 2.00 bits per heavy atom. The predicted octanol–water partition coefficient (Wildman–Crippen LogP) is 4.03. The van der Waals surface area contributed by atoms with Crippen LogP contribution in [0, 0.1) is 24.2 Å². The third kappa shape index (κ3) is 3.81. The molecule has 1 fully saturated rings. The lowest BCUT2D eigenvalue weighted by molar-refractivity contribution is 0.0934. The molecule has 1 aliphatic rings. The molecule has 1 saturated carbocycles. The number of nitrogens with one attached hydrogen (secondary N) is 1. The van der Waals surface area contributed by atoms with Crippen LogP contribution in [0.1, 0.15) is 61.8 Å². The van der Waals surface area contributed by atoms with E-state index in [4.69, 9.17) is 0 Å². The lowest BCUT2D eigenvalue weighted by atomic mass is 9.70. The lowest BCUT2D eigenvalue weighted by Gasteiger charge is -2.37. The first kappa shape index (κ1) is 15.5. The van der Waals surface area contributed by atoms with Gasteiger partial charge in [0, 0.05) is 6.54 Å². The summed E-state index contributed by atoms with van der Waals surface area (Å²) in [5, 5.41) is 3.08. The lowest BCUT2D eigenvalue weighted by Crippen LogP contribution is -2.33. The highest BCUT2D eigenvalue weighted by Crippen LogP contribution is 2.39. The molecule has 0 aromatic carbocycles. The van der Waals surface area contributed by atoms with Crippen molar-refractivity contribution in [1.82, 2.24) is 10.3 Å². The van der Waals surface area contributed by atoms with Gasteiger partial charge >= 0.3 is 0 Å². The molecule has 1 aromatic rings. The topological polar surface area (TPSA) is 42.0 Å². The molecule has 0 bridgehead atoms. The van der Waals surface area contributed by atoms with E-state index in [2.05, 4.69) is 31.1 Å². The minimum Gasteiger partial charge on any atom is -0.351 e. The molecule has 1 amide bonds. The van der Waals surface area contributed by atoms with Crippen molar-refractivity contribution in [3.63, 3.8) is 0 Å². The van der Waals surface area contributed by atoms with Crippen LogP contribution in [0.4, 0.5) is 0 Å². The molecule has 1 heterocycles. The Hall–Kier alpha value is -0.900. The van der Waals surface area contributed by atoms with Gasteiger partial charge in [-0.1, -0.05) is 20.8 Å². The van der Waals surface area contributed by atoms with E-state index in [-0.39, 0.29) is 5.91 Å². The average Bonchev–Trinajstić information content (AvgIpc) is 2.82. The fourth-order valence-corrected chi connectivity index (χ4v) is 3.79. The van der Waals surface area contributed by atoms with E-state index in [1.54, 1.807) is 5.51 Å². The second-order valence-electron chi connectivity index (χ2n) is 7.06. The van der Waals surface area contributed by atoms with E-state index in [0.717, 1.165) is 23.0 Å². The highest BCUT2D eigenvalue weighted by atomic mass is 32.1. The van der Waals surface area contributed by atoms with E-state index in [1.807, 2.05) is 6.92 Å². The van der Waals surface area contributed by atoms with Crippen LogP contribution >= 0.6 is 11.3 Å². The number of carbonyl (C=O) groups is 1. The normalized spacial score (nSPS) is 23.6. The molecule has 112 valence electrons. The molecule has 1 aromatic heterocycles. The third-order valence-electron chi connectivity index (χ3n) is 4.57. The molecule has 1 N–H and O–H groups in total. The van der Waals surface area contributed by atoms with Crippen LogP contribution in [0.2, 0.25) is 0 Å². The number of thiazole rings is 1. The monoisotopic (exact) mass is 294 g/mol. The van der Waals surface area contributed by atoms with Crippen molar-refractivity contribution in [3.05, 3.63) is 16.1 Å². The molecule has 2 rings (SSSR count). The second-order valence-corrected chi connectivity index (χ2v) is 7.92. The number of aromatic nitrogens is 1. The zero-order chi connectivity index (χ0) is 14.8. The number of hydrogen-bond donors (Lipinski definition) is 1. The average molecular weight is 294 g/mol. The highest BCUT2D eigenvalue weighted by molar-refractivity contribution is 7.11. The summed E-state index contributed by atoms with van der Waals surface area (Å²) >= 11 is 1.42. The molecule has 4 heteroatoms. The maximum atomic E-state index is 12.1. The smallest absolute Gasteiger partial charge is 0.263 e. The van der Waals surface area contributed by atoms with Gasteiger partial charge in [0.15, 0.2) is 0 Å². The van der Waals surface area contributed by atoms with Crippen LogP contribution in [0.25, 0.3) is 0 Å². The fourth-order valence-electron chi connectivity index (χ4n) is 3.07. The number of rotatable bonds is 3.